The number of furan rings is 1. The predicted octanol–water partition coefficient (Wildman–Crippen LogP) is 13.9. The minimum atomic E-state index is 0.603. The van der Waals surface area contributed by atoms with Crippen molar-refractivity contribution in [1.29, 1.82) is 0 Å². The van der Waals surface area contributed by atoms with Gasteiger partial charge in [-0.1, -0.05) is 121 Å². The van der Waals surface area contributed by atoms with E-state index in [0.717, 1.165) is 77.9 Å². The van der Waals surface area contributed by atoms with Crippen molar-refractivity contribution in [3.05, 3.63) is 194 Å². The molecule has 2 aromatic heterocycles. The molecule has 10 rings (SSSR count). The second kappa shape index (κ2) is 12.9. The van der Waals surface area contributed by atoms with Crippen LogP contribution in [0.5, 0.6) is 0 Å². The number of para-hydroxylation sites is 1. The Balaban J connectivity index is 1.05. The van der Waals surface area contributed by atoms with Gasteiger partial charge in [0.05, 0.1) is 5.69 Å². The van der Waals surface area contributed by atoms with Crippen molar-refractivity contribution in [3.63, 3.8) is 0 Å². The maximum atomic E-state index is 6.31. The molecule has 53 heavy (non-hydrogen) atoms. The second-order valence-corrected chi connectivity index (χ2v) is 13.2. The van der Waals surface area contributed by atoms with Crippen LogP contribution in [0, 0.1) is 0 Å². The zero-order chi connectivity index (χ0) is 35.1. The van der Waals surface area contributed by atoms with E-state index >= 15 is 0 Å². The third-order valence-corrected chi connectivity index (χ3v) is 9.90. The lowest BCUT2D eigenvalue weighted by Gasteiger charge is -2.28. The van der Waals surface area contributed by atoms with Crippen molar-refractivity contribution >= 4 is 50.1 Å². The van der Waals surface area contributed by atoms with Crippen molar-refractivity contribution < 1.29 is 8.83 Å². The summed E-state index contributed by atoms with van der Waals surface area (Å²) in [6, 6.07) is 67.8. The minimum Gasteiger partial charge on any atom is -0.456 e. The molecule has 0 radical (unpaired) electrons. The fraction of sp³-hybridized carbons (Fsp3) is 0. The van der Waals surface area contributed by atoms with E-state index in [-0.39, 0.29) is 0 Å². The molecule has 4 heteroatoms. The van der Waals surface area contributed by atoms with Gasteiger partial charge in [-0.25, -0.2) is 4.98 Å². The summed E-state index contributed by atoms with van der Waals surface area (Å²) < 4.78 is 12.5. The molecule has 250 valence electrons. The summed E-state index contributed by atoms with van der Waals surface area (Å²) in [6.07, 6.45) is 0. The Hall–Kier alpha value is -7.17. The molecule has 0 saturated carbocycles. The van der Waals surface area contributed by atoms with Crippen LogP contribution >= 0.6 is 0 Å². The summed E-state index contributed by atoms with van der Waals surface area (Å²) in [7, 11) is 0. The third kappa shape index (κ3) is 5.63. The molecule has 4 nitrogen and oxygen atoms in total. The number of aromatic nitrogens is 1. The molecule has 0 aliphatic heterocycles. The van der Waals surface area contributed by atoms with Gasteiger partial charge in [-0.15, -0.1) is 0 Å². The number of nitrogens with zero attached hydrogens (tertiary/aromatic N) is 2. The van der Waals surface area contributed by atoms with Crippen LogP contribution in [0.4, 0.5) is 17.1 Å². The van der Waals surface area contributed by atoms with Crippen LogP contribution in [-0.2, 0) is 0 Å². The van der Waals surface area contributed by atoms with E-state index < -0.39 is 0 Å². The lowest BCUT2D eigenvalue weighted by Crippen LogP contribution is -2.11. The maximum Gasteiger partial charge on any atom is 0.227 e. The second-order valence-electron chi connectivity index (χ2n) is 13.2. The molecule has 0 bridgehead atoms. The van der Waals surface area contributed by atoms with Crippen molar-refractivity contribution in [1.82, 2.24) is 4.98 Å². The van der Waals surface area contributed by atoms with Crippen LogP contribution in [0.2, 0.25) is 0 Å². The van der Waals surface area contributed by atoms with Crippen LogP contribution in [0.25, 0.3) is 77.9 Å². The molecular weight excluding hydrogens is 649 g/mol. The molecule has 0 atom stereocenters. The fourth-order valence-corrected chi connectivity index (χ4v) is 7.28. The van der Waals surface area contributed by atoms with Crippen molar-refractivity contribution in [2.24, 2.45) is 0 Å². The Morgan fingerprint density at radius 1 is 0.358 bits per heavy atom. The highest BCUT2D eigenvalue weighted by molar-refractivity contribution is 6.10. The normalized spacial score (nSPS) is 11.4. The number of anilines is 3. The van der Waals surface area contributed by atoms with Crippen LogP contribution in [0.1, 0.15) is 0 Å². The number of benzene rings is 8. The molecule has 0 unspecified atom stereocenters. The van der Waals surface area contributed by atoms with E-state index in [1.807, 2.05) is 42.5 Å². The van der Waals surface area contributed by atoms with Crippen LogP contribution < -0.4 is 4.90 Å². The number of hydrogen-bond acceptors (Lipinski definition) is 4. The van der Waals surface area contributed by atoms with E-state index in [1.54, 1.807) is 0 Å². The molecule has 0 spiro atoms. The van der Waals surface area contributed by atoms with Crippen LogP contribution in [-0.4, -0.2) is 4.98 Å². The number of fused-ring (bicyclic) bond motifs is 4. The summed E-state index contributed by atoms with van der Waals surface area (Å²) in [6.45, 7) is 0. The Morgan fingerprint density at radius 2 is 0.906 bits per heavy atom. The highest BCUT2D eigenvalue weighted by Crippen LogP contribution is 2.43. The number of hydrogen-bond donors (Lipinski definition) is 0. The fourth-order valence-electron chi connectivity index (χ4n) is 7.28. The van der Waals surface area contributed by atoms with Gasteiger partial charge in [-0.2, -0.15) is 0 Å². The highest BCUT2D eigenvalue weighted by atomic mass is 16.4. The van der Waals surface area contributed by atoms with E-state index in [4.69, 9.17) is 13.8 Å². The van der Waals surface area contributed by atoms with E-state index in [9.17, 15) is 0 Å². The van der Waals surface area contributed by atoms with Crippen molar-refractivity contribution in [3.8, 4) is 44.8 Å². The zero-order valence-electron chi connectivity index (χ0n) is 28.7. The van der Waals surface area contributed by atoms with E-state index in [1.165, 1.54) is 11.1 Å². The quantitative estimate of drug-likeness (QED) is 0.168. The lowest BCUT2D eigenvalue weighted by molar-refractivity contribution is 0.620. The van der Waals surface area contributed by atoms with Crippen molar-refractivity contribution in [2.75, 3.05) is 4.90 Å². The van der Waals surface area contributed by atoms with Gasteiger partial charge in [0.25, 0.3) is 0 Å². The first kappa shape index (κ1) is 30.6. The maximum absolute atomic E-state index is 6.31. The van der Waals surface area contributed by atoms with Gasteiger partial charge in [0, 0.05) is 39.3 Å². The van der Waals surface area contributed by atoms with Crippen molar-refractivity contribution in [2.45, 2.75) is 0 Å². The largest absolute Gasteiger partial charge is 0.456 e. The lowest BCUT2D eigenvalue weighted by atomic mass is 9.96. The molecule has 8 aromatic carbocycles. The molecule has 0 amide bonds. The summed E-state index contributed by atoms with van der Waals surface area (Å²) in [5, 5.41) is 2.04. The molecule has 0 fully saturated rings. The van der Waals surface area contributed by atoms with Gasteiger partial charge in [0.2, 0.25) is 5.89 Å². The van der Waals surface area contributed by atoms with Crippen LogP contribution in [0.15, 0.2) is 203 Å². The van der Waals surface area contributed by atoms with E-state index in [2.05, 4.69) is 157 Å². The average Bonchev–Trinajstić information content (AvgIpc) is 3.82. The Morgan fingerprint density at radius 3 is 1.62 bits per heavy atom. The summed E-state index contributed by atoms with van der Waals surface area (Å²) in [4.78, 5) is 7.09. The van der Waals surface area contributed by atoms with Gasteiger partial charge in [0.15, 0.2) is 5.58 Å². The molecule has 0 aliphatic carbocycles. The van der Waals surface area contributed by atoms with Gasteiger partial charge in [0.1, 0.15) is 16.7 Å². The molecule has 2 heterocycles. The molecule has 0 saturated heterocycles. The average molecular weight is 681 g/mol. The minimum absolute atomic E-state index is 0.603. The highest BCUT2D eigenvalue weighted by Gasteiger charge is 2.19. The van der Waals surface area contributed by atoms with Crippen LogP contribution in [0.3, 0.4) is 0 Å². The standard InChI is InChI=1S/C49H32N2O2/c1-5-13-33(14-6-1)37-23-27-45(41(29-37)35-15-7-2-8-16-35)51(39-19-11-4-12-20-39)40-25-21-34(22-26-40)38-24-28-46-42(30-38)43-31-48-44(32-47(43)52-46)50-49(53-48)36-17-9-3-10-18-36/h1-32H. The molecular formula is C49H32N2O2. The Kier molecular flexibility index (Phi) is 7.43. The zero-order valence-corrected chi connectivity index (χ0v) is 28.7. The summed E-state index contributed by atoms with van der Waals surface area (Å²) in [5.41, 5.74) is 14.3. The van der Waals surface area contributed by atoms with Gasteiger partial charge in [-0.3, -0.25) is 0 Å². The molecule has 10 aromatic rings. The first-order chi connectivity index (χ1) is 26.2. The third-order valence-electron chi connectivity index (χ3n) is 9.90. The number of oxazole rings is 1. The first-order valence-electron chi connectivity index (χ1n) is 17.8. The first-order valence-corrected chi connectivity index (χ1v) is 17.8. The number of rotatable bonds is 7. The SMILES string of the molecule is c1ccc(-c2ccc(N(c3ccccc3)c3ccc(-c4ccc5oc6cc7nc(-c8ccccc8)oc7cc6c5c4)cc3)c(-c3ccccc3)c2)cc1. The summed E-state index contributed by atoms with van der Waals surface area (Å²) in [5.74, 6) is 0.603. The van der Waals surface area contributed by atoms with E-state index in [0.29, 0.717) is 5.89 Å². The topological polar surface area (TPSA) is 42.4 Å². The summed E-state index contributed by atoms with van der Waals surface area (Å²) >= 11 is 0. The van der Waals surface area contributed by atoms with Gasteiger partial charge >= 0.3 is 0 Å². The Labute approximate surface area is 306 Å². The van der Waals surface area contributed by atoms with Gasteiger partial charge in [-0.05, 0) is 94.5 Å². The van der Waals surface area contributed by atoms with Gasteiger partial charge < -0.3 is 13.7 Å². The smallest absolute Gasteiger partial charge is 0.227 e. The predicted molar refractivity (Wildman–Crippen MR) is 218 cm³/mol. The monoisotopic (exact) mass is 680 g/mol. The Bertz CT molecular complexity index is 2860. The molecule has 0 aliphatic rings. The molecule has 0 N–H and O–H groups in total.